The molecular formula is C6H14N4P4. The van der Waals surface area contributed by atoms with Crippen LogP contribution in [-0.2, 0) is 6.42 Å². The first kappa shape index (κ1) is 11.3. The van der Waals surface area contributed by atoms with E-state index in [9.17, 15) is 0 Å². The molecule has 0 saturated heterocycles. The molecule has 1 aromatic heterocycles. The van der Waals surface area contributed by atoms with Crippen molar-refractivity contribution in [2.24, 2.45) is 0 Å². The standard InChI is InChI=1S/C6H14N4P4/c1-4-5(14(12)13-11)2-3-6-7-8-9-10(4)6/h4-5,13H,2-3,11-12H2,1H3. The normalized spacial score (nSPS) is 29.4. The Hall–Kier alpha value is 0.790. The molecule has 78 valence electrons. The van der Waals surface area contributed by atoms with E-state index in [1.165, 1.54) is 6.42 Å². The van der Waals surface area contributed by atoms with Gasteiger partial charge in [-0.25, -0.2) is 4.68 Å². The van der Waals surface area contributed by atoms with E-state index in [0.29, 0.717) is 6.04 Å². The summed E-state index contributed by atoms with van der Waals surface area (Å²) in [5, 5.41) is 11.8. The lowest BCUT2D eigenvalue weighted by Crippen LogP contribution is -2.27. The molecule has 1 aliphatic heterocycles. The highest BCUT2D eigenvalue weighted by molar-refractivity contribution is 8.61. The molecule has 0 amide bonds. The molecule has 14 heavy (non-hydrogen) atoms. The van der Waals surface area contributed by atoms with Crippen molar-refractivity contribution in [3.8, 4) is 0 Å². The minimum atomic E-state index is 0.0496. The van der Waals surface area contributed by atoms with E-state index >= 15 is 0 Å². The van der Waals surface area contributed by atoms with Crippen LogP contribution in [0.4, 0.5) is 0 Å². The molecule has 0 aromatic carbocycles. The predicted octanol–water partition coefficient (Wildman–Crippen LogP) is 2.20. The van der Waals surface area contributed by atoms with Gasteiger partial charge in [0.1, 0.15) is 0 Å². The summed E-state index contributed by atoms with van der Waals surface area (Å²) in [4.78, 5) is 0. The summed E-state index contributed by atoms with van der Waals surface area (Å²) in [7, 11) is 6.88. The minimum Gasteiger partial charge on any atom is -0.226 e. The van der Waals surface area contributed by atoms with Crippen LogP contribution in [0, 0.1) is 0 Å². The predicted molar refractivity (Wildman–Crippen MR) is 69.3 cm³/mol. The smallest absolute Gasteiger partial charge is 0.151 e. The zero-order valence-corrected chi connectivity index (χ0v) is 12.2. The van der Waals surface area contributed by atoms with E-state index in [1.54, 1.807) is 0 Å². The van der Waals surface area contributed by atoms with Gasteiger partial charge < -0.3 is 0 Å². The van der Waals surface area contributed by atoms with E-state index in [2.05, 4.69) is 40.3 Å². The van der Waals surface area contributed by atoms with E-state index < -0.39 is 0 Å². The van der Waals surface area contributed by atoms with Crippen molar-refractivity contribution < 1.29 is 0 Å². The summed E-state index contributed by atoms with van der Waals surface area (Å²) in [5.74, 6) is 1.05. The molecule has 2 heterocycles. The second-order valence-corrected chi connectivity index (χ2v) is 13.0. The Morgan fingerprint density at radius 3 is 3.14 bits per heavy atom. The Morgan fingerprint density at radius 2 is 2.43 bits per heavy atom. The molecule has 2 rings (SSSR count). The molecule has 0 spiro atoms. The van der Waals surface area contributed by atoms with E-state index in [1.807, 2.05) is 4.68 Å². The van der Waals surface area contributed by atoms with Crippen LogP contribution in [-0.4, -0.2) is 25.9 Å². The van der Waals surface area contributed by atoms with Gasteiger partial charge >= 0.3 is 0 Å². The number of tetrazole rings is 1. The largest absolute Gasteiger partial charge is 0.226 e. The number of hydrogen-bond donors (Lipinski definition) is 0. The summed E-state index contributed by atoms with van der Waals surface area (Å²) < 4.78 is 2.00. The van der Waals surface area contributed by atoms with Crippen LogP contribution in [0.5, 0.6) is 0 Å². The van der Waals surface area contributed by atoms with Crippen LogP contribution in [0.3, 0.4) is 0 Å². The van der Waals surface area contributed by atoms with Gasteiger partial charge in [0.05, 0.1) is 6.04 Å². The Morgan fingerprint density at radius 1 is 1.64 bits per heavy atom. The Balaban J connectivity index is 2.20. The molecule has 4 nitrogen and oxygen atoms in total. The number of fused-ring (bicyclic) bond motifs is 1. The highest BCUT2D eigenvalue weighted by atomic mass is 32.6. The molecule has 1 aromatic rings. The molecule has 6 unspecified atom stereocenters. The lowest BCUT2D eigenvalue weighted by atomic mass is 10.1. The number of aromatic nitrogens is 4. The molecule has 0 aliphatic carbocycles. The monoisotopic (exact) mass is 266 g/mol. The van der Waals surface area contributed by atoms with Crippen molar-refractivity contribution in [2.45, 2.75) is 31.5 Å². The second kappa shape index (κ2) is 4.75. The zero-order chi connectivity index (χ0) is 10.1. The lowest BCUT2D eigenvalue weighted by molar-refractivity contribution is 0.393. The van der Waals surface area contributed by atoms with Gasteiger partial charge in [-0.05, 0) is 23.8 Å². The third kappa shape index (κ3) is 2.00. The first-order chi connectivity index (χ1) is 6.74. The third-order valence-electron chi connectivity index (χ3n) is 2.67. The van der Waals surface area contributed by atoms with Crippen molar-refractivity contribution in [1.29, 1.82) is 0 Å². The fourth-order valence-electron chi connectivity index (χ4n) is 1.84. The maximum Gasteiger partial charge on any atom is 0.151 e. The van der Waals surface area contributed by atoms with Gasteiger partial charge in [0.15, 0.2) is 5.82 Å². The van der Waals surface area contributed by atoms with Gasteiger partial charge in [0, 0.05) is 12.1 Å². The van der Waals surface area contributed by atoms with Gasteiger partial charge in [-0.1, -0.05) is 15.3 Å². The van der Waals surface area contributed by atoms with E-state index in [0.717, 1.165) is 25.9 Å². The first-order valence-corrected chi connectivity index (χ1v) is 11.2. The fraction of sp³-hybridized carbons (Fsp3) is 0.833. The number of nitrogens with zero attached hydrogens (tertiary/aromatic N) is 4. The molecule has 0 bridgehead atoms. The summed E-state index contributed by atoms with van der Waals surface area (Å²) >= 11 is 0. The molecule has 8 heteroatoms. The molecule has 0 N–H and O–H groups in total. The molecule has 6 atom stereocenters. The zero-order valence-electron chi connectivity index (χ0n) is 7.96. The molecule has 0 fully saturated rings. The minimum absolute atomic E-state index is 0.0496. The highest BCUT2D eigenvalue weighted by Crippen LogP contribution is 2.71. The van der Waals surface area contributed by atoms with Crippen molar-refractivity contribution in [3.63, 3.8) is 0 Å². The maximum absolute atomic E-state index is 4.06. The van der Waals surface area contributed by atoms with Crippen LogP contribution < -0.4 is 0 Å². The van der Waals surface area contributed by atoms with Crippen molar-refractivity contribution in [3.05, 3.63) is 5.82 Å². The summed E-state index contributed by atoms with van der Waals surface area (Å²) in [6.45, 7) is 2.23. The van der Waals surface area contributed by atoms with Crippen LogP contribution in [0.25, 0.3) is 0 Å². The van der Waals surface area contributed by atoms with Crippen LogP contribution >= 0.6 is 33.1 Å². The SMILES string of the molecule is CC1C(P(P)PP)CCc2nnnn21. The topological polar surface area (TPSA) is 43.6 Å². The average Bonchev–Trinajstić information content (AvgIpc) is 2.66. The van der Waals surface area contributed by atoms with Crippen LogP contribution in [0.2, 0.25) is 0 Å². The van der Waals surface area contributed by atoms with E-state index in [4.69, 9.17) is 0 Å². The molecule has 0 radical (unpaired) electrons. The molecule has 0 saturated carbocycles. The summed E-state index contributed by atoms with van der Waals surface area (Å²) in [5.41, 5.74) is 0.752. The van der Waals surface area contributed by atoms with Crippen LogP contribution in [0.15, 0.2) is 0 Å². The Labute approximate surface area is 91.0 Å². The van der Waals surface area contributed by atoms with Crippen molar-refractivity contribution in [2.75, 3.05) is 0 Å². The quantitative estimate of drug-likeness (QED) is 0.771. The Kier molecular flexibility index (Phi) is 3.83. The van der Waals surface area contributed by atoms with E-state index in [-0.39, 0.29) is 7.30 Å². The lowest BCUT2D eigenvalue weighted by Gasteiger charge is -2.32. The summed E-state index contributed by atoms with van der Waals surface area (Å²) in [6, 6.07) is 0.463. The fourth-order valence-corrected chi connectivity index (χ4v) is 7.56. The van der Waals surface area contributed by atoms with Crippen molar-refractivity contribution in [1.82, 2.24) is 20.2 Å². The van der Waals surface area contributed by atoms with Gasteiger partial charge in [-0.2, -0.15) is 0 Å². The maximum atomic E-state index is 4.06. The highest BCUT2D eigenvalue weighted by Gasteiger charge is 2.31. The number of aryl methyl sites for hydroxylation is 1. The van der Waals surface area contributed by atoms with Gasteiger partial charge in [-0.15, -0.1) is 23.0 Å². The van der Waals surface area contributed by atoms with Crippen LogP contribution in [0.1, 0.15) is 25.2 Å². The number of rotatable bonds is 2. The third-order valence-corrected chi connectivity index (χ3v) is 14.1. The average molecular weight is 266 g/mol. The molecule has 1 aliphatic rings. The van der Waals surface area contributed by atoms with Crippen molar-refractivity contribution >= 4 is 33.1 Å². The van der Waals surface area contributed by atoms with Gasteiger partial charge in [0.25, 0.3) is 0 Å². The second-order valence-electron chi connectivity index (χ2n) is 3.42. The first-order valence-electron chi connectivity index (χ1n) is 4.51. The van der Waals surface area contributed by atoms with Gasteiger partial charge in [0.2, 0.25) is 0 Å². The summed E-state index contributed by atoms with van der Waals surface area (Å²) in [6.07, 6.45) is 2.27. The number of hydrogen-bond acceptors (Lipinski definition) is 3. The molecular weight excluding hydrogens is 252 g/mol. The Bertz CT molecular complexity index is 317. The van der Waals surface area contributed by atoms with Gasteiger partial charge in [-0.3, -0.25) is 0 Å².